The standard InChI is InChI=1S/C15H26N2O6/c1-9(8-15(5,6)23-22-14(2,3)4)10-7-11(18)17(12(10)19)21-13(16)20/h9-10H,7-8H2,1-6H3,(H2,16,20). The van der Waals surface area contributed by atoms with Crippen molar-refractivity contribution in [2.45, 2.75) is 65.6 Å². The first-order chi connectivity index (χ1) is 10.3. The van der Waals surface area contributed by atoms with Crippen molar-refractivity contribution in [1.82, 2.24) is 5.06 Å². The number of nitrogens with zero attached hydrogens (tertiary/aromatic N) is 1. The molecule has 2 unspecified atom stereocenters. The van der Waals surface area contributed by atoms with Crippen LogP contribution in [0.25, 0.3) is 0 Å². The maximum absolute atomic E-state index is 12.2. The van der Waals surface area contributed by atoms with Crippen molar-refractivity contribution in [3.05, 3.63) is 0 Å². The van der Waals surface area contributed by atoms with Gasteiger partial charge in [-0.25, -0.2) is 14.6 Å². The number of hydrogen-bond donors (Lipinski definition) is 1. The fourth-order valence-corrected chi connectivity index (χ4v) is 2.45. The van der Waals surface area contributed by atoms with E-state index in [9.17, 15) is 14.4 Å². The molecule has 3 amide bonds. The molecule has 0 aromatic heterocycles. The Labute approximate surface area is 136 Å². The minimum atomic E-state index is -1.19. The average molecular weight is 330 g/mol. The van der Waals surface area contributed by atoms with Gasteiger partial charge in [0, 0.05) is 6.42 Å². The molecule has 8 heteroatoms. The molecule has 23 heavy (non-hydrogen) atoms. The first-order valence-electron chi connectivity index (χ1n) is 7.53. The molecular weight excluding hydrogens is 304 g/mol. The predicted molar refractivity (Wildman–Crippen MR) is 80.4 cm³/mol. The largest absolute Gasteiger partial charge is 0.429 e. The maximum Gasteiger partial charge on any atom is 0.429 e. The number of hydrogen-bond acceptors (Lipinski definition) is 6. The topological polar surface area (TPSA) is 108 Å². The van der Waals surface area contributed by atoms with Gasteiger partial charge in [-0.2, -0.15) is 0 Å². The van der Waals surface area contributed by atoms with Crippen molar-refractivity contribution in [2.75, 3.05) is 0 Å². The molecule has 2 N–H and O–H groups in total. The number of amides is 3. The van der Waals surface area contributed by atoms with E-state index in [1.165, 1.54) is 0 Å². The zero-order valence-corrected chi connectivity index (χ0v) is 14.5. The molecule has 132 valence electrons. The summed E-state index contributed by atoms with van der Waals surface area (Å²) in [7, 11) is 0. The number of carbonyl (C=O) groups is 3. The van der Waals surface area contributed by atoms with Gasteiger partial charge in [-0.1, -0.05) is 6.92 Å². The van der Waals surface area contributed by atoms with Crippen LogP contribution in [0.1, 0.15) is 54.4 Å². The van der Waals surface area contributed by atoms with Crippen LogP contribution in [0.5, 0.6) is 0 Å². The Bertz CT molecular complexity index is 483. The van der Waals surface area contributed by atoms with Gasteiger partial charge >= 0.3 is 6.09 Å². The minimum absolute atomic E-state index is 0.0243. The lowest BCUT2D eigenvalue weighted by molar-refractivity contribution is -0.399. The third-order valence-electron chi connectivity index (χ3n) is 3.34. The summed E-state index contributed by atoms with van der Waals surface area (Å²) >= 11 is 0. The summed E-state index contributed by atoms with van der Waals surface area (Å²) in [4.78, 5) is 50.0. The summed E-state index contributed by atoms with van der Waals surface area (Å²) in [5, 5.41) is 0.447. The molecule has 0 saturated carbocycles. The smallest absolute Gasteiger partial charge is 0.333 e. The third kappa shape index (κ3) is 5.80. The van der Waals surface area contributed by atoms with Crippen LogP contribution in [0.2, 0.25) is 0 Å². The average Bonchev–Trinajstić information content (AvgIpc) is 2.63. The van der Waals surface area contributed by atoms with Crippen LogP contribution < -0.4 is 5.73 Å². The second-order valence-electron chi connectivity index (χ2n) is 7.47. The van der Waals surface area contributed by atoms with Gasteiger partial charge in [0.05, 0.1) is 17.1 Å². The highest BCUT2D eigenvalue weighted by atomic mass is 17.2. The molecule has 0 aliphatic carbocycles. The second kappa shape index (κ2) is 6.84. The molecule has 0 aromatic rings. The Morgan fingerprint density at radius 2 is 1.83 bits per heavy atom. The number of nitrogens with two attached hydrogens (primary N) is 1. The molecule has 1 fully saturated rings. The molecule has 1 heterocycles. The summed E-state index contributed by atoms with van der Waals surface area (Å²) in [5.41, 5.74) is 3.76. The zero-order valence-electron chi connectivity index (χ0n) is 14.5. The summed E-state index contributed by atoms with van der Waals surface area (Å²) in [6.07, 6.45) is -0.733. The van der Waals surface area contributed by atoms with Crippen molar-refractivity contribution in [3.63, 3.8) is 0 Å². The van der Waals surface area contributed by atoms with Gasteiger partial charge in [0.15, 0.2) is 0 Å². The Balaban J connectivity index is 2.67. The first kappa shape index (κ1) is 19.4. The third-order valence-corrected chi connectivity index (χ3v) is 3.34. The summed E-state index contributed by atoms with van der Waals surface area (Å²) in [5.74, 6) is -1.89. The molecule has 1 saturated heterocycles. The molecule has 0 bridgehead atoms. The van der Waals surface area contributed by atoms with Crippen LogP contribution in [0, 0.1) is 11.8 Å². The van der Waals surface area contributed by atoms with Gasteiger partial charge in [0.2, 0.25) is 0 Å². The van der Waals surface area contributed by atoms with E-state index >= 15 is 0 Å². The normalized spacial score (nSPS) is 20.8. The monoisotopic (exact) mass is 330 g/mol. The van der Waals surface area contributed by atoms with Crippen LogP contribution in [-0.4, -0.2) is 34.2 Å². The lowest BCUT2D eigenvalue weighted by Gasteiger charge is -2.31. The highest BCUT2D eigenvalue weighted by Gasteiger charge is 2.45. The van der Waals surface area contributed by atoms with Crippen LogP contribution in [0.15, 0.2) is 0 Å². The van der Waals surface area contributed by atoms with E-state index in [1.54, 1.807) is 0 Å². The van der Waals surface area contributed by atoms with E-state index < -0.39 is 35.0 Å². The Morgan fingerprint density at radius 1 is 1.26 bits per heavy atom. The summed E-state index contributed by atoms with van der Waals surface area (Å²) in [6.45, 7) is 11.1. The van der Waals surface area contributed by atoms with Crippen LogP contribution >= 0.6 is 0 Å². The highest BCUT2D eigenvalue weighted by Crippen LogP contribution is 2.33. The van der Waals surface area contributed by atoms with Gasteiger partial charge in [-0.15, -0.1) is 5.06 Å². The second-order valence-corrected chi connectivity index (χ2v) is 7.47. The summed E-state index contributed by atoms with van der Waals surface area (Å²) < 4.78 is 0. The van der Waals surface area contributed by atoms with Gasteiger partial charge < -0.3 is 10.6 Å². The Hall–Kier alpha value is -1.67. The van der Waals surface area contributed by atoms with E-state index in [4.69, 9.17) is 15.5 Å². The van der Waals surface area contributed by atoms with Crippen LogP contribution in [0.4, 0.5) is 4.79 Å². The van der Waals surface area contributed by atoms with Gasteiger partial charge in [-0.3, -0.25) is 9.59 Å². The fraction of sp³-hybridized carbons (Fsp3) is 0.800. The number of rotatable bonds is 6. The fourth-order valence-electron chi connectivity index (χ4n) is 2.45. The van der Waals surface area contributed by atoms with Crippen molar-refractivity contribution in [3.8, 4) is 0 Å². The van der Waals surface area contributed by atoms with Crippen molar-refractivity contribution in [2.24, 2.45) is 17.6 Å². The minimum Gasteiger partial charge on any atom is -0.333 e. The molecule has 1 aliphatic rings. The Kier molecular flexibility index (Phi) is 5.76. The van der Waals surface area contributed by atoms with E-state index in [2.05, 4.69) is 4.84 Å². The van der Waals surface area contributed by atoms with E-state index in [0.29, 0.717) is 11.5 Å². The highest BCUT2D eigenvalue weighted by molar-refractivity contribution is 6.03. The lowest BCUT2D eigenvalue weighted by Crippen LogP contribution is -2.37. The molecular formula is C15H26N2O6. The quantitative estimate of drug-likeness (QED) is 0.453. The number of imide groups is 1. The molecule has 1 aliphatic heterocycles. The molecule has 8 nitrogen and oxygen atoms in total. The number of carbonyl (C=O) groups excluding carboxylic acids is 3. The molecule has 2 atom stereocenters. The van der Waals surface area contributed by atoms with Gasteiger partial charge in [0.1, 0.15) is 0 Å². The summed E-state index contributed by atoms with van der Waals surface area (Å²) in [6, 6.07) is 0. The van der Waals surface area contributed by atoms with Crippen molar-refractivity contribution in [1.29, 1.82) is 0 Å². The van der Waals surface area contributed by atoms with E-state index in [-0.39, 0.29) is 12.3 Å². The van der Waals surface area contributed by atoms with Crippen LogP contribution in [0.3, 0.4) is 0 Å². The maximum atomic E-state index is 12.2. The molecule has 0 spiro atoms. The molecule has 0 aromatic carbocycles. The van der Waals surface area contributed by atoms with E-state index in [1.807, 2.05) is 41.5 Å². The first-order valence-corrected chi connectivity index (χ1v) is 7.53. The SMILES string of the molecule is CC(CC(C)(C)OOC(C)(C)C)C1CC(=O)N(OC(N)=O)C1=O. The van der Waals surface area contributed by atoms with Gasteiger partial charge in [0.25, 0.3) is 11.8 Å². The predicted octanol–water partition coefficient (Wildman–Crippen LogP) is 1.92. The Morgan fingerprint density at radius 3 is 2.30 bits per heavy atom. The zero-order chi connectivity index (χ0) is 18.0. The van der Waals surface area contributed by atoms with E-state index in [0.717, 1.165) is 0 Å². The van der Waals surface area contributed by atoms with Crippen molar-refractivity contribution < 1.29 is 29.0 Å². The van der Waals surface area contributed by atoms with Gasteiger partial charge in [-0.05, 0) is 47.0 Å². The molecule has 1 rings (SSSR count). The van der Waals surface area contributed by atoms with Crippen molar-refractivity contribution >= 4 is 17.9 Å². The van der Waals surface area contributed by atoms with Crippen LogP contribution in [-0.2, 0) is 24.2 Å². The lowest BCUT2D eigenvalue weighted by atomic mass is 9.84. The number of primary amides is 1. The molecule has 0 radical (unpaired) electrons. The number of hydroxylamine groups is 2.